The molecule has 1 aliphatic heterocycles. The van der Waals surface area contributed by atoms with Gasteiger partial charge in [-0.25, -0.2) is 0 Å². The first kappa shape index (κ1) is 29.2. The van der Waals surface area contributed by atoms with E-state index in [1.807, 2.05) is 24.9 Å². The van der Waals surface area contributed by atoms with Crippen molar-refractivity contribution < 1.29 is 10.4 Å². The van der Waals surface area contributed by atoms with Gasteiger partial charge in [0.15, 0.2) is 0 Å². The van der Waals surface area contributed by atoms with Crippen LogP contribution in [-0.4, -0.2) is 71.5 Å². The van der Waals surface area contributed by atoms with Crippen LogP contribution in [-0.2, 0) is 0 Å². The highest BCUT2D eigenvalue weighted by Crippen LogP contribution is 2.31. The molecule has 3 aromatic rings. The largest absolute Gasteiger partial charge is 0.412 e. The van der Waals surface area contributed by atoms with Gasteiger partial charge in [-0.1, -0.05) is 60.7 Å². The first-order chi connectivity index (χ1) is 16.4. The number of nitrogens with zero attached hydrogens (tertiary/aromatic N) is 5. The minimum absolute atomic E-state index is 0. The molecule has 0 aliphatic carbocycles. The highest BCUT2D eigenvalue weighted by molar-refractivity contribution is 5.85. The quantitative estimate of drug-likeness (QED) is 0.333. The number of halogens is 1. The van der Waals surface area contributed by atoms with E-state index in [0.717, 1.165) is 45.0 Å². The number of hydrogen-bond donors (Lipinski definition) is 0. The van der Waals surface area contributed by atoms with Crippen molar-refractivity contribution in [2.45, 2.75) is 19.9 Å². The third-order valence-corrected chi connectivity index (χ3v) is 6.62. The standard InChI is InChI=1S/C27H33N5O2.ClH.H2O/c1-21-20-25(26(32(33)34)22(2)28-21)29(3)14-15-30-16-18-31(19-17-30)27(23-10-6-4-7-11-23)24-12-8-5-9-13-24;;/h4-13,20,27H,14-19H2,1-3H3;1H;1H2. The van der Waals surface area contributed by atoms with Gasteiger partial charge >= 0.3 is 5.69 Å². The molecule has 0 unspecified atom stereocenters. The van der Waals surface area contributed by atoms with Crippen molar-refractivity contribution in [2.24, 2.45) is 0 Å². The average molecular weight is 514 g/mol. The molecule has 1 saturated heterocycles. The molecule has 0 bridgehead atoms. The molecule has 2 heterocycles. The van der Waals surface area contributed by atoms with E-state index in [9.17, 15) is 10.1 Å². The Balaban J connectivity index is 0.00000228. The van der Waals surface area contributed by atoms with Crippen molar-refractivity contribution in [1.82, 2.24) is 14.8 Å². The first-order valence-electron chi connectivity index (χ1n) is 11.8. The fraction of sp³-hybridized carbons (Fsp3) is 0.370. The van der Waals surface area contributed by atoms with Gasteiger partial charge in [-0.05, 0) is 31.0 Å². The summed E-state index contributed by atoms with van der Waals surface area (Å²) in [5.41, 5.74) is 4.64. The van der Waals surface area contributed by atoms with Crippen molar-refractivity contribution in [3.63, 3.8) is 0 Å². The van der Waals surface area contributed by atoms with E-state index >= 15 is 0 Å². The Kier molecular flexibility index (Phi) is 10.8. The topological polar surface area (TPSA) is 97.2 Å². The number of nitro groups is 1. The fourth-order valence-electron chi connectivity index (χ4n) is 4.86. The van der Waals surface area contributed by atoms with Crippen LogP contribution in [0.2, 0.25) is 0 Å². The molecule has 4 rings (SSSR count). The summed E-state index contributed by atoms with van der Waals surface area (Å²) in [5.74, 6) is 0. The number of hydrogen-bond acceptors (Lipinski definition) is 6. The second kappa shape index (κ2) is 13.3. The molecular weight excluding hydrogens is 478 g/mol. The van der Waals surface area contributed by atoms with Gasteiger partial charge in [0.1, 0.15) is 11.4 Å². The monoisotopic (exact) mass is 513 g/mol. The summed E-state index contributed by atoms with van der Waals surface area (Å²) in [4.78, 5) is 22.6. The van der Waals surface area contributed by atoms with Gasteiger partial charge < -0.3 is 10.4 Å². The van der Waals surface area contributed by atoms with E-state index in [0.29, 0.717) is 11.4 Å². The molecule has 0 atom stereocenters. The SMILES string of the molecule is Cc1cc(N(C)CCN2CCN(C(c3ccccc3)c3ccccc3)CC2)c([N+](=O)[O-])c(C)n1.Cl.O. The number of benzene rings is 2. The minimum Gasteiger partial charge on any atom is -0.412 e. The second-order valence-corrected chi connectivity index (χ2v) is 9.00. The number of pyridine rings is 1. The van der Waals surface area contributed by atoms with E-state index in [1.54, 1.807) is 6.92 Å². The fourth-order valence-corrected chi connectivity index (χ4v) is 4.86. The maximum Gasteiger partial charge on any atom is 0.313 e. The summed E-state index contributed by atoms with van der Waals surface area (Å²) in [5, 5.41) is 11.6. The average Bonchev–Trinajstić information content (AvgIpc) is 2.84. The van der Waals surface area contributed by atoms with Crippen LogP contribution in [0.3, 0.4) is 0 Å². The summed E-state index contributed by atoms with van der Waals surface area (Å²) in [7, 11) is 1.93. The lowest BCUT2D eigenvalue weighted by atomic mass is 9.96. The molecule has 0 radical (unpaired) electrons. The highest BCUT2D eigenvalue weighted by Gasteiger charge is 2.27. The number of likely N-dealkylation sites (N-methyl/N-ethyl adjacent to an activating group) is 1. The molecule has 0 saturated carbocycles. The van der Waals surface area contributed by atoms with Gasteiger partial charge in [-0.3, -0.25) is 24.9 Å². The lowest BCUT2D eigenvalue weighted by molar-refractivity contribution is -0.385. The molecule has 1 aromatic heterocycles. The molecule has 36 heavy (non-hydrogen) atoms. The molecular formula is C27H36ClN5O3. The van der Waals surface area contributed by atoms with Crippen LogP contribution < -0.4 is 4.90 Å². The van der Waals surface area contributed by atoms with Crippen molar-refractivity contribution in [1.29, 1.82) is 0 Å². The summed E-state index contributed by atoms with van der Waals surface area (Å²) in [6.07, 6.45) is 0. The maximum absolute atomic E-state index is 11.6. The zero-order chi connectivity index (χ0) is 24.1. The van der Waals surface area contributed by atoms with Crippen molar-refractivity contribution >= 4 is 23.8 Å². The predicted molar refractivity (Wildman–Crippen MR) is 147 cm³/mol. The Bertz CT molecular complexity index is 1070. The number of aryl methyl sites for hydroxylation is 2. The Hall–Kier alpha value is -3.04. The van der Waals surface area contributed by atoms with Gasteiger partial charge in [0, 0.05) is 52.0 Å². The number of rotatable bonds is 8. The van der Waals surface area contributed by atoms with Crippen LogP contribution >= 0.6 is 12.4 Å². The Labute approximate surface area is 219 Å². The zero-order valence-corrected chi connectivity index (χ0v) is 21.9. The first-order valence-corrected chi connectivity index (χ1v) is 11.8. The third-order valence-electron chi connectivity index (χ3n) is 6.62. The summed E-state index contributed by atoms with van der Waals surface area (Å²) in [6, 6.07) is 23.5. The van der Waals surface area contributed by atoms with E-state index in [4.69, 9.17) is 0 Å². The minimum atomic E-state index is -0.320. The lowest BCUT2D eigenvalue weighted by Gasteiger charge is -2.40. The second-order valence-electron chi connectivity index (χ2n) is 9.00. The van der Waals surface area contributed by atoms with Crippen molar-refractivity contribution in [3.05, 3.63) is 99.4 Å². The van der Waals surface area contributed by atoms with Gasteiger partial charge in [-0.2, -0.15) is 0 Å². The van der Waals surface area contributed by atoms with E-state index in [1.165, 1.54) is 11.1 Å². The molecule has 8 nitrogen and oxygen atoms in total. The number of piperazine rings is 1. The molecule has 194 valence electrons. The summed E-state index contributed by atoms with van der Waals surface area (Å²) >= 11 is 0. The van der Waals surface area contributed by atoms with Crippen LogP contribution in [0.4, 0.5) is 11.4 Å². The summed E-state index contributed by atoms with van der Waals surface area (Å²) < 4.78 is 0. The molecule has 1 aliphatic rings. The van der Waals surface area contributed by atoms with E-state index in [2.05, 4.69) is 75.4 Å². The smallest absolute Gasteiger partial charge is 0.313 e. The van der Waals surface area contributed by atoms with Crippen LogP contribution in [0.25, 0.3) is 0 Å². The maximum atomic E-state index is 11.6. The number of anilines is 1. The summed E-state index contributed by atoms with van der Waals surface area (Å²) in [6.45, 7) is 9.08. The van der Waals surface area contributed by atoms with Crippen LogP contribution in [0.5, 0.6) is 0 Å². The Morgan fingerprint density at radius 2 is 1.50 bits per heavy atom. The molecule has 1 fully saturated rings. The lowest BCUT2D eigenvalue weighted by Crippen LogP contribution is -2.49. The van der Waals surface area contributed by atoms with Gasteiger partial charge in [-0.15, -0.1) is 12.4 Å². The van der Waals surface area contributed by atoms with Crippen LogP contribution in [0.1, 0.15) is 28.6 Å². The van der Waals surface area contributed by atoms with E-state index in [-0.39, 0.29) is 34.5 Å². The number of aromatic nitrogens is 1. The Morgan fingerprint density at radius 3 is 2.00 bits per heavy atom. The van der Waals surface area contributed by atoms with Gasteiger partial charge in [0.25, 0.3) is 0 Å². The van der Waals surface area contributed by atoms with Crippen LogP contribution in [0, 0.1) is 24.0 Å². The molecule has 2 aromatic carbocycles. The van der Waals surface area contributed by atoms with E-state index < -0.39 is 0 Å². The Morgan fingerprint density at radius 1 is 0.972 bits per heavy atom. The third kappa shape index (κ3) is 6.79. The molecule has 9 heteroatoms. The highest BCUT2D eigenvalue weighted by atomic mass is 35.5. The normalized spacial score (nSPS) is 14.1. The van der Waals surface area contributed by atoms with Crippen molar-refractivity contribution in [2.75, 3.05) is 51.2 Å². The van der Waals surface area contributed by atoms with Gasteiger partial charge in [0.05, 0.1) is 11.0 Å². The molecule has 0 amide bonds. The zero-order valence-electron chi connectivity index (χ0n) is 21.1. The molecule has 2 N–H and O–H groups in total. The molecule has 0 spiro atoms. The predicted octanol–water partition coefficient (Wildman–Crippen LogP) is 4.05. The van der Waals surface area contributed by atoms with Crippen molar-refractivity contribution in [3.8, 4) is 0 Å². The van der Waals surface area contributed by atoms with Crippen LogP contribution in [0.15, 0.2) is 66.7 Å². The van der Waals surface area contributed by atoms with Gasteiger partial charge in [0.2, 0.25) is 0 Å².